The smallest absolute Gasteiger partial charge is 0.0460 e. The second-order valence-corrected chi connectivity index (χ2v) is 4.81. The van der Waals surface area contributed by atoms with Gasteiger partial charge >= 0.3 is 0 Å². The molecule has 0 atom stereocenters. The zero-order chi connectivity index (χ0) is 10.3. The van der Waals surface area contributed by atoms with Crippen molar-refractivity contribution in [1.29, 1.82) is 0 Å². The quantitative estimate of drug-likeness (QED) is 0.623. The Balaban J connectivity index is 2.27. The summed E-state index contributed by atoms with van der Waals surface area (Å²) < 4.78 is 0. The lowest BCUT2D eigenvalue weighted by Gasteiger charge is -1.93. The van der Waals surface area contributed by atoms with Gasteiger partial charge in [-0.1, -0.05) is 18.2 Å². The van der Waals surface area contributed by atoms with Crippen molar-refractivity contribution in [1.82, 2.24) is 4.98 Å². The van der Waals surface area contributed by atoms with Crippen LogP contribution in [0, 0.1) is 6.92 Å². The molecule has 1 N–H and O–H groups in total. The number of aromatic nitrogens is 1. The first-order chi connectivity index (χ1) is 7.34. The number of thiophene rings is 1. The Hall–Kier alpha value is -1.54. The van der Waals surface area contributed by atoms with Crippen molar-refractivity contribution in [3.8, 4) is 11.1 Å². The molecule has 15 heavy (non-hydrogen) atoms. The van der Waals surface area contributed by atoms with Crippen molar-refractivity contribution < 1.29 is 0 Å². The van der Waals surface area contributed by atoms with Crippen LogP contribution in [0.4, 0.5) is 0 Å². The van der Waals surface area contributed by atoms with Crippen molar-refractivity contribution in [2.24, 2.45) is 0 Å². The monoisotopic (exact) mass is 213 g/mol. The number of hydrogen-bond donors (Lipinski definition) is 1. The van der Waals surface area contributed by atoms with Gasteiger partial charge in [0.2, 0.25) is 0 Å². The molecule has 0 radical (unpaired) electrons. The fraction of sp³-hybridized carbons (Fsp3) is 0.0769. The van der Waals surface area contributed by atoms with E-state index in [-0.39, 0.29) is 0 Å². The van der Waals surface area contributed by atoms with Gasteiger partial charge in [0.15, 0.2) is 0 Å². The molecule has 2 heterocycles. The number of nitrogens with one attached hydrogen (secondary N) is 1. The van der Waals surface area contributed by atoms with E-state index in [9.17, 15) is 0 Å². The van der Waals surface area contributed by atoms with Gasteiger partial charge in [0.25, 0.3) is 0 Å². The fourth-order valence-corrected chi connectivity index (χ4v) is 2.60. The third kappa shape index (κ3) is 1.38. The molecular weight excluding hydrogens is 202 g/mol. The molecule has 0 aliphatic rings. The third-order valence-electron chi connectivity index (χ3n) is 2.63. The second kappa shape index (κ2) is 3.24. The first kappa shape index (κ1) is 8.74. The summed E-state index contributed by atoms with van der Waals surface area (Å²) in [6.45, 7) is 2.14. The van der Waals surface area contributed by atoms with Gasteiger partial charge in [-0.2, -0.15) is 0 Å². The normalized spacial score (nSPS) is 11.0. The van der Waals surface area contributed by atoms with E-state index in [4.69, 9.17) is 0 Å². The van der Waals surface area contributed by atoms with E-state index in [0.29, 0.717) is 0 Å². The lowest BCUT2D eigenvalue weighted by atomic mass is 10.1. The van der Waals surface area contributed by atoms with Crippen molar-refractivity contribution in [3.63, 3.8) is 0 Å². The number of H-pyrrole nitrogens is 1. The maximum absolute atomic E-state index is 3.30. The Kier molecular flexibility index (Phi) is 1.89. The van der Waals surface area contributed by atoms with E-state index < -0.39 is 0 Å². The van der Waals surface area contributed by atoms with Crippen LogP contribution >= 0.6 is 11.3 Å². The summed E-state index contributed by atoms with van der Waals surface area (Å²) in [5, 5.41) is 3.51. The fourth-order valence-electron chi connectivity index (χ4n) is 1.90. The van der Waals surface area contributed by atoms with Crippen LogP contribution in [0.5, 0.6) is 0 Å². The molecule has 74 valence electrons. The number of aryl methyl sites for hydroxylation is 1. The molecule has 0 aliphatic carbocycles. The zero-order valence-electron chi connectivity index (χ0n) is 8.45. The summed E-state index contributed by atoms with van der Waals surface area (Å²) in [5.74, 6) is 0. The van der Waals surface area contributed by atoms with Gasteiger partial charge in [-0.05, 0) is 30.0 Å². The average molecular weight is 213 g/mol. The minimum absolute atomic E-state index is 1.20. The number of benzene rings is 1. The molecule has 0 bridgehead atoms. The van der Waals surface area contributed by atoms with Gasteiger partial charge in [0, 0.05) is 27.5 Å². The largest absolute Gasteiger partial charge is 0.361 e. The summed E-state index contributed by atoms with van der Waals surface area (Å²) in [7, 11) is 0. The minimum Gasteiger partial charge on any atom is -0.361 e. The van der Waals surface area contributed by atoms with E-state index >= 15 is 0 Å². The third-order valence-corrected chi connectivity index (χ3v) is 3.49. The van der Waals surface area contributed by atoms with Crippen LogP contribution in [-0.2, 0) is 0 Å². The highest BCUT2D eigenvalue weighted by atomic mass is 32.1. The molecule has 0 saturated carbocycles. The molecule has 0 spiro atoms. The average Bonchev–Trinajstić information content (AvgIpc) is 2.83. The van der Waals surface area contributed by atoms with Gasteiger partial charge in [-0.25, -0.2) is 0 Å². The van der Waals surface area contributed by atoms with Gasteiger partial charge in [0.05, 0.1) is 0 Å². The Morgan fingerprint density at radius 3 is 2.87 bits per heavy atom. The number of hydrogen-bond acceptors (Lipinski definition) is 1. The molecule has 0 unspecified atom stereocenters. The molecule has 1 aromatic carbocycles. The highest BCUT2D eigenvalue weighted by molar-refractivity contribution is 7.10. The zero-order valence-corrected chi connectivity index (χ0v) is 9.27. The maximum atomic E-state index is 3.30. The predicted octanol–water partition coefficient (Wildman–Crippen LogP) is 4.20. The number of para-hydroxylation sites is 1. The minimum atomic E-state index is 1.20. The van der Waals surface area contributed by atoms with Crippen molar-refractivity contribution in [2.75, 3.05) is 0 Å². The van der Waals surface area contributed by atoms with Gasteiger partial charge in [-0.3, -0.25) is 0 Å². The van der Waals surface area contributed by atoms with Crippen molar-refractivity contribution in [3.05, 3.63) is 46.8 Å². The van der Waals surface area contributed by atoms with Crippen LogP contribution in [0.2, 0.25) is 0 Å². The molecule has 0 fully saturated rings. The predicted molar refractivity (Wildman–Crippen MR) is 66.3 cm³/mol. The highest BCUT2D eigenvalue weighted by Gasteiger charge is 2.06. The van der Waals surface area contributed by atoms with Crippen LogP contribution in [0.1, 0.15) is 4.88 Å². The molecule has 2 aromatic heterocycles. The van der Waals surface area contributed by atoms with Gasteiger partial charge in [0.1, 0.15) is 0 Å². The Morgan fingerprint density at radius 1 is 1.20 bits per heavy atom. The Morgan fingerprint density at radius 2 is 2.07 bits per heavy atom. The van der Waals surface area contributed by atoms with Crippen molar-refractivity contribution in [2.45, 2.75) is 6.92 Å². The molecule has 3 aromatic rings. The summed E-state index contributed by atoms with van der Waals surface area (Å²) in [6.07, 6.45) is 2.09. The Labute approximate surface area is 92.4 Å². The molecule has 1 nitrogen and oxygen atoms in total. The van der Waals surface area contributed by atoms with Gasteiger partial charge < -0.3 is 4.98 Å². The van der Waals surface area contributed by atoms with Crippen LogP contribution in [0.25, 0.3) is 22.0 Å². The topological polar surface area (TPSA) is 15.8 Å². The molecular formula is C13H11NS. The summed E-state index contributed by atoms with van der Waals surface area (Å²) in [5.41, 5.74) is 3.82. The molecule has 2 heteroatoms. The first-order valence-electron chi connectivity index (χ1n) is 4.96. The van der Waals surface area contributed by atoms with E-state index in [1.165, 1.54) is 26.9 Å². The lowest BCUT2D eigenvalue weighted by Crippen LogP contribution is -1.69. The summed E-state index contributed by atoms with van der Waals surface area (Å²) in [6, 6.07) is 10.6. The Bertz CT molecular complexity index is 604. The highest BCUT2D eigenvalue weighted by Crippen LogP contribution is 2.31. The first-order valence-corrected chi connectivity index (χ1v) is 5.84. The summed E-state index contributed by atoms with van der Waals surface area (Å²) in [4.78, 5) is 4.66. The van der Waals surface area contributed by atoms with Crippen LogP contribution < -0.4 is 0 Å². The van der Waals surface area contributed by atoms with Crippen LogP contribution in [0.3, 0.4) is 0 Å². The van der Waals surface area contributed by atoms with Gasteiger partial charge in [-0.15, -0.1) is 11.3 Å². The molecule has 0 aliphatic heterocycles. The van der Waals surface area contributed by atoms with Crippen LogP contribution in [-0.4, -0.2) is 4.98 Å². The number of fused-ring (bicyclic) bond motifs is 1. The maximum Gasteiger partial charge on any atom is 0.0460 e. The van der Waals surface area contributed by atoms with E-state index in [2.05, 4.69) is 53.8 Å². The SMILES string of the molecule is Cc1cc(-c2c[nH]c3ccccc23)cs1. The number of aromatic amines is 1. The lowest BCUT2D eigenvalue weighted by molar-refractivity contribution is 1.47. The second-order valence-electron chi connectivity index (χ2n) is 3.69. The van der Waals surface area contributed by atoms with Crippen LogP contribution in [0.15, 0.2) is 41.9 Å². The number of rotatable bonds is 1. The molecule has 3 rings (SSSR count). The molecule has 0 saturated heterocycles. The standard InChI is InChI=1S/C13H11NS/c1-9-6-10(8-15-9)12-7-14-13-5-3-2-4-11(12)13/h2-8,14H,1H3. The van der Waals surface area contributed by atoms with Crippen molar-refractivity contribution >= 4 is 22.2 Å². The van der Waals surface area contributed by atoms with E-state index in [1.54, 1.807) is 11.3 Å². The molecule has 0 amide bonds. The summed E-state index contributed by atoms with van der Waals surface area (Å²) >= 11 is 1.80. The van der Waals surface area contributed by atoms with E-state index in [1.807, 2.05) is 0 Å². The van der Waals surface area contributed by atoms with E-state index in [0.717, 1.165) is 0 Å².